The van der Waals surface area contributed by atoms with Crippen LogP contribution < -0.4 is 5.32 Å². The molecule has 4 aromatic rings. The van der Waals surface area contributed by atoms with Gasteiger partial charge in [0.25, 0.3) is 5.91 Å². The maximum atomic E-state index is 12.3. The molecular weight excluding hydrogens is 388 g/mol. The van der Waals surface area contributed by atoms with Gasteiger partial charge in [-0.05, 0) is 37.1 Å². The summed E-state index contributed by atoms with van der Waals surface area (Å²) >= 11 is 0. The van der Waals surface area contributed by atoms with E-state index in [4.69, 9.17) is 0 Å². The molecule has 0 fully saturated rings. The third kappa shape index (κ3) is 5.78. The molecule has 2 N–H and O–H groups in total. The van der Waals surface area contributed by atoms with Crippen LogP contribution in [-0.4, -0.2) is 37.4 Å². The van der Waals surface area contributed by atoms with E-state index < -0.39 is 0 Å². The van der Waals surface area contributed by atoms with E-state index in [1.54, 1.807) is 12.4 Å². The van der Waals surface area contributed by atoms with Gasteiger partial charge in [-0.15, -0.1) is 5.10 Å². The predicted molar refractivity (Wildman–Crippen MR) is 122 cm³/mol. The minimum absolute atomic E-state index is 0.0327. The van der Waals surface area contributed by atoms with Gasteiger partial charge in [0.2, 0.25) is 0 Å². The van der Waals surface area contributed by atoms with E-state index in [1.165, 1.54) is 19.3 Å². The predicted octanol–water partition coefficient (Wildman–Crippen LogP) is 4.59. The smallest absolute Gasteiger partial charge is 0.267 e. The van der Waals surface area contributed by atoms with E-state index in [9.17, 15) is 4.79 Å². The zero-order valence-corrected chi connectivity index (χ0v) is 17.6. The van der Waals surface area contributed by atoms with Crippen molar-refractivity contribution in [2.45, 2.75) is 45.1 Å². The van der Waals surface area contributed by atoms with Gasteiger partial charge in [-0.2, -0.15) is 0 Å². The largest absolute Gasteiger partial charge is 0.351 e. The third-order valence-corrected chi connectivity index (χ3v) is 5.37. The Bertz CT molecular complexity index is 1070. The number of rotatable bonds is 11. The van der Waals surface area contributed by atoms with Crippen LogP contribution in [0.25, 0.3) is 22.2 Å². The molecular formula is C24H28N6O. The van der Waals surface area contributed by atoms with E-state index in [2.05, 4.69) is 25.6 Å². The van der Waals surface area contributed by atoms with Gasteiger partial charge in [-0.25, -0.2) is 0 Å². The summed E-state index contributed by atoms with van der Waals surface area (Å²) in [7, 11) is 0. The number of fused-ring (bicyclic) bond motifs is 1. The SMILES string of the molecule is O=C(NCCCCCCCCn1cc(-c2cccnc2)nn1)c1cc2ccccc2[nH]1. The lowest BCUT2D eigenvalue weighted by Gasteiger charge is -2.04. The molecule has 0 aliphatic heterocycles. The maximum Gasteiger partial charge on any atom is 0.267 e. The van der Waals surface area contributed by atoms with Crippen molar-refractivity contribution in [2.24, 2.45) is 0 Å². The van der Waals surface area contributed by atoms with Crippen molar-refractivity contribution in [2.75, 3.05) is 6.54 Å². The molecule has 0 bridgehead atoms. The highest BCUT2D eigenvalue weighted by Crippen LogP contribution is 2.15. The lowest BCUT2D eigenvalue weighted by atomic mass is 10.1. The van der Waals surface area contributed by atoms with E-state index in [-0.39, 0.29) is 5.91 Å². The van der Waals surface area contributed by atoms with Crippen LogP contribution >= 0.6 is 0 Å². The Morgan fingerprint density at radius 2 is 1.84 bits per heavy atom. The molecule has 0 saturated heterocycles. The summed E-state index contributed by atoms with van der Waals surface area (Å²) in [6.07, 6.45) is 12.3. The first-order chi connectivity index (χ1) is 15.3. The summed E-state index contributed by atoms with van der Waals surface area (Å²) in [6.45, 7) is 1.60. The zero-order chi connectivity index (χ0) is 21.3. The molecule has 3 heterocycles. The van der Waals surface area contributed by atoms with Crippen LogP contribution in [-0.2, 0) is 6.54 Å². The van der Waals surface area contributed by atoms with Crippen molar-refractivity contribution in [3.05, 3.63) is 66.7 Å². The Morgan fingerprint density at radius 1 is 1.00 bits per heavy atom. The lowest BCUT2D eigenvalue weighted by molar-refractivity contribution is 0.0949. The summed E-state index contributed by atoms with van der Waals surface area (Å²) in [5.74, 6) is -0.0327. The number of benzene rings is 1. The molecule has 7 nitrogen and oxygen atoms in total. The summed E-state index contributed by atoms with van der Waals surface area (Å²) < 4.78 is 1.90. The normalized spacial score (nSPS) is 11.1. The average molecular weight is 417 g/mol. The van der Waals surface area contributed by atoms with E-state index in [0.717, 1.165) is 48.0 Å². The van der Waals surface area contributed by atoms with Crippen LogP contribution in [0.3, 0.4) is 0 Å². The summed E-state index contributed by atoms with van der Waals surface area (Å²) in [4.78, 5) is 19.5. The fraction of sp³-hybridized carbons (Fsp3) is 0.333. The molecule has 160 valence electrons. The van der Waals surface area contributed by atoms with Gasteiger partial charge in [-0.1, -0.05) is 49.1 Å². The molecule has 7 heteroatoms. The molecule has 0 atom stereocenters. The minimum atomic E-state index is -0.0327. The number of carbonyl (C=O) groups excluding carboxylic acids is 1. The van der Waals surface area contributed by atoms with Gasteiger partial charge in [-0.3, -0.25) is 14.5 Å². The number of aromatic amines is 1. The molecule has 0 unspecified atom stereocenters. The summed E-state index contributed by atoms with van der Waals surface area (Å²) in [5.41, 5.74) is 3.47. The van der Waals surface area contributed by atoms with Gasteiger partial charge in [0.1, 0.15) is 11.4 Å². The minimum Gasteiger partial charge on any atom is -0.351 e. The van der Waals surface area contributed by atoms with Crippen molar-refractivity contribution in [3.8, 4) is 11.3 Å². The van der Waals surface area contributed by atoms with E-state index >= 15 is 0 Å². The van der Waals surface area contributed by atoms with Crippen LogP contribution in [0.15, 0.2) is 61.1 Å². The van der Waals surface area contributed by atoms with Crippen LogP contribution in [0, 0.1) is 0 Å². The molecule has 1 aromatic carbocycles. The number of nitrogens with zero attached hydrogens (tertiary/aromatic N) is 4. The van der Waals surface area contributed by atoms with Gasteiger partial charge in [0.05, 0.1) is 6.20 Å². The molecule has 31 heavy (non-hydrogen) atoms. The molecule has 0 spiro atoms. The monoisotopic (exact) mass is 416 g/mol. The second-order valence-electron chi connectivity index (χ2n) is 7.76. The number of aromatic nitrogens is 5. The average Bonchev–Trinajstić information content (AvgIpc) is 3.45. The second-order valence-corrected chi connectivity index (χ2v) is 7.76. The highest BCUT2D eigenvalue weighted by Gasteiger charge is 2.08. The van der Waals surface area contributed by atoms with Crippen molar-refractivity contribution < 1.29 is 4.79 Å². The third-order valence-electron chi connectivity index (χ3n) is 5.37. The van der Waals surface area contributed by atoms with Crippen molar-refractivity contribution in [3.63, 3.8) is 0 Å². The summed E-state index contributed by atoms with van der Waals surface area (Å²) in [5, 5.41) is 12.5. The fourth-order valence-electron chi connectivity index (χ4n) is 3.65. The van der Waals surface area contributed by atoms with Crippen molar-refractivity contribution in [1.29, 1.82) is 0 Å². The Morgan fingerprint density at radius 3 is 2.68 bits per heavy atom. The van der Waals surface area contributed by atoms with Crippen molar-refractivity contribution in [1.82, 2.24) is 30.3 Å². The van der Waals surface area contributed by atoms with Crippen molar-refractivity contribution >= 4 is 16.8 Å². The molecule has 1 amide bonds. The Kier molecular flexibility index (Phi) is 7.05. The van der Waals surface area contributed by atoms with Gasteiger partial charge in [0, 0.05) is 41.9 Å². The van der Waals surface area contributed by atoms with E-state index in [0.29, 0.717) is 12.2 Å². The lowest BCUT2D eigenvalue weighted by Crippen LogP contribution is -2.24. The number of amides is 1. The second kappa shape index (κ2) is 10.5. The topological polar surface area (TPSA) is 88.5 Å². The first kappa shape index (κ1) is 20.8. The van der Waals surface area contributed by atoms with Gasteiger partial charge >= 0.3 is 0 Å². The zero-order valence-electron chi connectivity index (χ0n) is 17.6. The van der Waals surface area contributed by atoms with Crippen LogP contribution in [0.5, 0.6) is 0 Å². The fourth-order valence-corrected chi connectivity index (χ4v) is 3.65. The molecule has 3 aromatic heterocycles. The Balaban J connectivity index is 1.05. The number of hydrogen-bond acceptors (Lipinski definition) is 4. The number of unbranched alkanes of at least 4 members (excludes halogenated alkanes) is 5. The van der Waals surface area contributed by atoms with E-state index in [1.807, 2.05) is 53.3 Å². The van der Waals surface area contributed by atoms with Crippen LogP contribution in [0.1, 0.15) is 49.0 Å². The van der Waals surface area contributed by atoms with Gasteiger partial charge < -0.3 is 10.3 Å². The number of carbonyl (C=O) groups is 1. The van der Waals surface area contributed by atoms with Crippen LogP contribution in [0.2, 0.25) is 0 Å². The highest BCUT2D eigenvalue weighted by molar-refractivity contribution is 5.97. The number of hydrogen-bond donors (Lipinski definition) is 2. The molecule has 0 aliphatic rings. The first-order valence-corrected chi connectivity index (χ1v) is 11.0. The Hall–Kier alpha value is -3.48. The van der Waals surface area contributed by atoms with Gasteiger partial charge in [0.15, 0.2) is 0 Å². The number of H-pyrrole nitrogens is 1. The summed E-state index contributed by atoms with van der Waals surface area (Å²) in [6, 6.07) is 13.7. The molecule has 0 saturated carbocycles. The molecule has 0 aliphatic carbocycles. The quantitative estimate of drug-likeness (QED) is 0.350. The number of para-hydroxylation sites is 1. The first-order valence-electron chi connectivity index (χ1n) is 11.0. The Labute approximate surface area is 181 Å². The van der Waals surface area contributed by atoms with Crippen LogP contribution in [0.4, 0.5) is 0 Å². The maximum absolute atomic E-state index is 12.3. The number of aryl methyl sites for hydroxylation is 1. The molecule has 4 rings (SSSR count). The number of nitrogens with one attached hydrogen (secondary N) is 2. The number of pyridine rings is 1. The highest BCUT2D eigenvalue weighted by atomic mass is 16.1. The standard InChI is InChI=1S/C24H28N6O/c31-24(22-16-19-10-5-6-12-21(19)27-22)26-14-7-3-1-2-4-8-15-30-18-23(28-29-30)20-11-9-13-25-17-20/h5-6,9-13,16-18,27H,1-4,7-8,14-15H2,(H,26,31). The molecule has 0 radical (unpaired) electrons.